The number of rotatable bonds is 6. The Labute approximate surface area is 106 Å². The van der Waals surface area contributed by atoms with Gasteiger partial charge >= 0.3 is 5.97 Å². The number of benzene rings is 1. The Balaban J connectivity index is 2.62. The van der Waals surface area contributed by atoms with Crippen LogP contribution in [0.15, 0.2) is 35.5 Å². The van der Waals surface area contributed by atoms with Crippen LogP contribution in [-0.2, 0) is 21.0 Å². The molecule has 0 aliphatic heterocycles. The van der Waals surface area contributed by atoms with Gasteiger partial charge in [0.2, 0.25) is 11.5 Å². The van der Waals surface area contributed by atoms with Crippen LogP contribution >= 0.6 is 15.9 Å². The molecule has 0 aromatic heterocycles. The lowest BCUT2D eigenvalue weighted by Gasteiger charge is -2.01. The summed E-state index contributed by atoms with van der Waals surface area (Å²) in [5.41, 5.74) is 0.227. The number of carbonyl (C=O) groups excluding carboxylic acids is 1. The molecule has 0 spiro atoms. The number of ketones is 1. The lowest BCUT2D eigenvalue weighted by Crippen LogP contribution is -2.25. The zero-order chi connectivity index (χ0) is 12.7. The van der Waals surface area contributed by atoms with Gasteiger partial charge in [0.05, 0.1) is 5.33 Å². The first-order valence-corrected chi connectivity index (χ1v) is 5.83. The van der Waals surface area contributed by atoms with Crippen molar-refractivity contribution in [2.24, 2.45) is 5.16 Å². The fraction of sp³-hybridized carbons (Fsp3) is 0.182. The van der Waals surface area contributed by atoms with Crippen LogP contribution in [-0.4, -0.2) is 27.9 Å². The minimum absolute atomic E-state index is 0.104. The van der Waals surface area contributed by atoms with E-state index in [0.29, 0.717) is 0 Å². The topological polar surface area (TPSA) is 76.0 Å². The maximum absolute atomic E-state index is 11.2. The molecule has 0 aliphatic rings. The van der Waals surface area contributed by atoms with Crippen LogP contribution in [0.25, 0.3) is 0 Å². The molecule has 0 saturated carbocycles. The van der Waals surface area contributed by atoms with E-state index in [2.05, 4.69) is 21.1 Å². The average molecular weight is 300 g/mol. The molecule has 0 amide bonds. The van der Waals surface area contributed by atoms with Crippen LogP contribution < -0.4 is 0 Å². The molecule has 0 bridgehead atoms. The van der Waals surface area contributed by atoms with Gasteiger partial charge in [0.1, 0.15) is 6.61 Å². The fourth-order valence-corrected chi connectivity index (χ4v) is 1.28. The van der Waals surface area contributed by atoms with E-state index in [1.165, 1.54) is 0 Å². The smallest absolute Gasteiger partial charge is 0.361 e. The summed E-state index contributed by atoms with van der Waals surface area (Å²) in [6.07, 6.45) is 0. The van der Waals surface area contributed by atoms with Crippen molar-refractivity contribution in [3.8, 4) is 0 Å². The van der Waals surface area contributed by atoms with E-state index < -0.39 is 17.5 Å². The number of alkyl halides is 1. The van der Waals surface area contributed by atoms with Crippen LogP contribution in [0.2, 0.25) is 0 Å². The molecule has 1 aromatic rings. The summed E-state index contributed by atoms with van der Waals surface area (Å²) in [7, 11) is 0. The highest BCUT2D eigenvalue weighted by atomic mass is 79.9. The molecule has 1 aromatic carbocycles. The molecule has 1 N–H and O–H groups in total. The van der Waals surface area contributed by atoms with Crippen LogP contribution in [0, 0.1) is 0 Å². The fourth-order valence-electron chi connectivity index (χ4n) is 1.02. The molecular weight excluding hydrogens is 290 g/mol. The third-order valence-electron chi connectivity index (χ3n) is 1.82. The largest absolute Gasteiger partial charge is 0.476 e. The zero-order valence-corrected chi connectivity index (χ0v) is 10.4. The Kier molecular flexibility index (Phi) is 5.35. The Morgan fingerprint density at radius 3 is 2.47 bits per heavy atom. The van der Waals surface area contributed by atoms with E-state index in [0.717, 1.165) is 5.56 Å². The Morgan fingerprint density at radius 2 is 1.94 bits per heavy atom. The summed E-state index contributed by atoms with van der Waals surface area (Å²) in [6.45, 7) is 0.118. The van der Waals surface area contributed by atoms with Crippen molar-refractivity contribution in [2.45, 2.75) is 6.61 Å². The van der Waals surface area contributed by atoms with Gasteiger partial charge in [-0.25, -0.2) is 4.79 Å². The standard InChI is InChI=1S/C11H10BrNO4/c12-6-9(14)10(11(15)16)13-17-7-8-4-2-1-3-5-8/h1-5H,6-7H2,(H,15,16). The van der Waals surface area contributed by atoms with Gasteiger partial charge in [0.15, 0.2) is 0 Å². The molecule has 0 fully saturated rings. The molecule has 17 heavy (non-hydrogen) atoms. The van der Waals surface area contributed by atoms with Crippen LogP contribution in [0.4, 0.5) is 0 Å². The lowest BCUT2D eigenvalue weighted by molar-refractivity contribution is -0.130. The molecule has 90 valence electrons. The number of oxime groups is 1. The summed E-state index contributed by atoms with van der Waals surface area (Å²) >= 11 is 2.87. The van der Waals surface area contributed by atoms with Gasteiger partial charge in [0, 0.05) is 0 Å². The zero-order valence-electron chi connectivity index (χ0n) is 8.80. The van der Waals surface area contributed by atoms with E-state index in [9.17, 15) is 9.59 Å². The van der Waals surface area contributed by atoms with E-state index in [-0.39, 0.29) is 11.9 Å². The number of hydrogen-bond donors (Lipinski definition) is 1. The molecule has 0 atom stereocenters. The van der Waals surface area contributed by atoms with Gasteiger partial charge in [0.25, 0.3) is 0 Å². The minimum Gasteiger partial charge on any atom is -0.476 e. The summed E-state index contributed by atoms with van der Waals surface area (Å²) in [5.74, 6) is -2.03. The maximum Gasteiger partial charge on any atom is 0.361 e. The second-order valence-electron chi connectivity index (χ2n) is 3.06. The van der Waals surface area contributed by atoms with Gasteiger partial charge in [-0.3, -0.25) is 4.79 Å². The third kappa shape index (κ3) is 4.36. The molecule has 6 heteroatoms. The van der Waals surface area contributed by atoms with Crippen molar-refractivity contribution in [1.82, 2.24) is 0 Å². The van der Waals surface area contributed by atoms with Crippen molar-refractivity contribution in [2.75, 3.05) is 5.33 Å². The van der Waals surface area contributed by atoms with Crippen molar-refractivity contribution >= 4 is 33.4 Å². The number of Topliss-reactive ketones (excluding diaryl/α,β-unsaturated/α-hetero) is 1. The van der Waals surface area contributed by atoms with Crippen LogP contribution in [0.3, 0.4) is 0 Å². The van der Waals surface area contributed by atoms with Crippen molar-refractivity contribution in [3.05, 3.63) is 35.9 Å². The number of carboxylic acid groups (broad SMARTS) is 1. The average Bonchev–Trinajstić information content (AvgIpc) is 2.34. The van der Waals surface area contributed by atoms with Crippen LogP contribution in [0.1, 0.15) is 5.56 Å². The molecule has 0 saturated heterocycles. The molecule has 5 nitrogen and oxygen atoms in total. The van der Waals surface area contributed by atoms with Gasteiger partial charge in [-0.2, -0.15) is 0 Å². The van der Waals surface area contributed by atoms with Crippen molar-refractivity contribution in [3.63, 3.8) is 0 Å². The predicted octanol–water partition coefficient (Wildman–Crippen LogP) is 1.61. The Bertz CT molecular complexity index is 430. The lowest BCUT2D eigenvalue weighted by atomic mass is 10.2. The third-order valence-corrected chi connectivity index (χ3v) is 2.33. The summed E-state index contributed by atoms with van der Waals surface area (Å²) in [6, 6.07) is 9.11. The Morgan fingerprint density at radius 1 is 1.29 bits per heavy atom. The van der Waals surface area contributed by atoms with Gasteiger partial charge in [-0.1, -0.05) is 51.4 Å². The first-order valence-electron chi connectivity index (χ1n) is 4.71. The molecule has 0 unspecified atom stereocenters. The number of nitrogens with zero attached hydrogens (tertiary/aromatic N) is 1. The minimum atomic E-state index is -1.40. The number of carboxylic acids is 1. The summed E-state index contributed by atoms with van der Waals surface area (Å²) in [5, 5.41) is 11.9. The van der Waals surface area contributed by atoms with E-state index in [1.807, 2.05) is 30.3 Å². The first-order chi connectivity index (χ1) is 8.15. The van der Waals surface area contributed by atoms with Crippen molar-refractivity contribution in [1.29, 1.82) is 0 Å². The van der Waals surface area contributed by atoms with Gasteiger partial charge < -0.3 is 9.94 Å². The van der Waals surface area contributed by atoms with Gasteiger partial charge in [-0.15, -0.1) is 0 Å². The molecular formula is C11H10BrNO4. The number of aliphatic carboxylic acids is 1. The SMILES string of the molecule is O=C(O)C(=NOCc1ccccc1)C(=O)CBr. The molecule has 0 aliphatic carbocycles. The van der Waals surface area contributed by atoms with Gasteiger partial charge in [-0.05, 0) is 5.56 Å². The second kappa shape index (κ2) is 6.80. The highest BCUT2D eigenvalue weighted by Crippen LogP contribution is 2.01. The highest BCUT2D eigenvalue weighted by Gasteiger charge is 2.19. The number of halogens is 1. The first kappa shape index (κ1) is 13.4. The molecule has 0 heterocycles. The summed E-state index contributed by atoms with van der Waals surface area (Å²) in [4.78, 5) is 26.7. The van der Waals surface area contributed by atoms with E-state index >= 15 is 0 Å². The monoisotopic (exact) mass is 299 g/mol. The van der Waals surface area contributed by atoms with E-state index in [1.54, 1.807) is 0 Å². The maximum atomic E-state index is 11.2. The highest BCUT2D eigenvalue weighted by molar-refractivity contribution is 9.09. The quantitative estimate of drug-likeness (QED) is 0.375. The second-order valence-corrected chi connectivity index (χ2v) is 3.62. The van der Waals surface area contributed by atoms with Crippen LogP contribution in [0.5, 0.6) is 0 Å². The number of hydrogen-bond acceptors (Lipinski definition) is 4. The summed E-state index contributed by atoms with van der Waals surface area (Å²) < 4.78 is 0. The molecule has 0 radical (unpaired) electrons. The molecule has 1 rings (SSSR count). The Hall–Kier alpha value is -1.69. The predicted molar refractivity (Wildman–Crippen MR) is 65.1 cm³/mol. The van der Waals surface area contributed by atoms with E-state index in [4.69, 9.17) is 9.94 Å². The number of carbonyl (C=O) groups is 2. The van der Waals surface area contributed by atoms with Crippen molar-refractivity contribution < 1.29 is 19.5 Å². The normalized spacial score (nSPS) is 11.0.